The normalized spacial score (nSPS) is 15.6. The Hall–Kier alpha value is -2.40. The van der Waals surface area contributed by atoms with Gasteiger partial charge in [0, 0.05) is 11.6 Å². The molecule has 1 aliphatic heterocycles. The summed E-state index contributed by atoms with van der Waals surface area (Å²) in [5.41, 5.74) is 2.60. The lowest BCUT2D eigenvalue weighted by Crippen LogP contribution is -2.27. The van der Waals surface area contributed by atoms with Crippen LogP contribution in [0.2, 0.25) is 0 Å². The number of nitro groups is 1. The molecule has 0 atom stereocenters. The van der Waals surface area contributed by atoms with E-state index in [-0.39, 0.29) is 11.4 Å². The molecular weight excluding hydrogens is 244 g/mol. The summed E-state index contributed by atoms with van der Waals surface area (Å²) in [5.74, 6) is 0. The van der Waals surface area contributed by atoms with E-state index in [1.165, 1.54) is 18.2 Å². The standard InChI is InChI=1S/C14H14N2O3/c1-10-9-13(16(17)18)11(2)15(19-3)14(10)12-7-5-4-6-8-12/h4-9H,2H2,1,3H3. The molecule has 1 aliphatic rings. The molecule has 0 radical (unpaired) electrons. The molecule has 2 rings (SSSR count). The summed E-state index contributed by atoms with van der Waals surface area (Å²) in [4.78, 5) is 15.8. The highest BCUT2D eigenvalue weighted by atomic mass is 16.7. The number of hydrogen-bond acceptors (Lipinski definition) is 4. The van der Waals surface area contributed by atoms with Gasteiger partial charge in [-0.05, 0) is 12.5 Å². The highest BCUT2D eigenvalue weighted by Gasteiger charge is 2.30. The summed E-state index contributed by atoms with van der Waals surface area (Å²) in [5, 5.41) is 12.4. The van der Waals surface area contributed by atoms with Crippen LogP contribution < -0.4 is 0 Å². The Morgan fingerprint density at radius 3 is 2.47 bits per heavy atom. The van der Waals surface area contributed by atoms with E-state index in [1.54, 1.807) is 0 Å². The van der Waals surface area contributed by atoms with Crippen molar-refractivity contribution in [2.24, 2.45) is 0 Å². The molecule has 0 bridgehead atoms. The maximum Gasteiger partial charge on any atom is 0.295 e. The summed E-state index contributed by atoms with van der Waals surface area (Å²) in [6.07, 6.45) is 1.51. The van der Waals surface area contributed by atoms with Gasteiger partial charge >= 0.3 is 0 Å². The van der Waals surface area contributed by atoms with Gasteiger partial charge in [0.2, 0.25) is 0 Å². The molecule has 19 heavy (non-hydrogen) atoms. The lowest BCUT2D eigenvalue weighted by molar-refractivity contribution is -0.424. The second kappa shape index (κ2) is 5.07. The van der Waals surface area contributed by atoms with Crippen molar-refractivity contribution in [2.45, 2.75) is 6.92 Å². The number of rotatable bonds is 3. The van der Waals surface area contributed by atoms with E-state index in [4.69, 9.17) is 4.84 Å². The molecule has 0 spiro atoms. The van der Waals surface area contributed by atoms with Crippen LogP contribution in [0.4, 0.5) is 0 Å². The Bertz CT molecular complexity index is 588. The van der Waals surface area contributed by atoms with E-state index in [0.717, 1.165) is 16.8 Å². The van der Waals surface area contributed by atoms with Crippen LogP contribution in [-0.2, 0) is 4.84 Å². The number of nitrogens with zero attached hydrogens (tertiary/aromatic N) is 2. The van der Waals surface area contributed by atoms with Gasteiger partial charge in [-0.25, -0.2) is 5.06 Å². The van der Waals surface area contributed by atoms with E-state index in [1.807, 2.05) is 37.3 Å². The second-order valence-electron chi connectivity index (χ2n) is 4.11. The molecule has 0 saturated carbocycles. The lowest BCUT2D eigenvalue weighted by Gasteiger charge is -2.29. The SMILES string of the molecule is C=C1C([N+](=O)[O-])=CC(C)=C(c2ccccc2)N1OC. The van der Waals surface area contributed by atoms with Gasteiger partial charge in [0.05, 0.1) is 17.7 Å². The van der Waals surface area contributed by atoms with Gasteiger partial charge in [0.15, 0.2) is 0 Å². The molecule has 0 unspecified atom stereocenters. The highest BCUT2D eigenvalue weighted by molar-refractivity contribution is 5.72. The topological polar surface area (TPSA) is 55.6 Å². The Kier molecular flexibility index (Phi) is 3.48. The molecule has 1 heterocycles. The van der Waals surface area contributed by atoms with Crippen LogP contribution in [0, 0.1) is 10.1 Å². The van der Waals surface area contributed by atoms with E-state index in [9.17, 15) is 10.1 Å². The predicted octanol–water partition coefficient (Wildman–Crippen LogP) is 2.97. The zero-order valence-corrected chi connectivity index (χ0v) is 10.8. The van der Waals surface area contributed by atoms with Gasteiger partial charge in [0.1, 0.15) is 5.70 Å². The first kappa shape index (κ1) is 13.0. The fraction of sp³-hybridized carbons (Fsp3) is 0.143. The van der Waals surface area contributed by atoms with Crippen LogP contribution in [0.15, 0.2) is 60.0 Å². The number of benzene rings is 1. The van der Waals surface area contributed by atoms with Crippen LogP contribution in [0.5, 0.6) is 0 Å². The Morgan fingerprint density at radius 2 is 1.95 bits per heavy atom. The predicted molar refractivity (Wildman–Crippen MR) is 72.1 cm³/mol. The Labute approximate surface area is 111 Å². The van der Waals surface area contributed by atoms with Gasteiger partial charge in [-0.2, -0.15) is 0 Å². The van der Waals surface area contributed by atoms with Gasteiger partial charge < -0.3 is 0 Å². The third kappa shape index (κ3) is 2.28. The smallest absolute Gasteiger partial charge is 0.272 e. The fourth-order valence-corrected chi connectivity index (χ4v) is 2.06. The maximum absolute atomic E-state index is 11.0. The van der Waals surface area contributed by atoms with Gasteiger partial charge in [-0.15, -0.1) is 0 Å². The van der Waals surface area contributed by atoms with Crippen molar-refractivity contribution >= 4 is 5.70 Å². The van der Waals surface area contributed by atoms with E-state index < -0.39 is 4.92 Å². The van der Waals surface area contributed by atoms with Gasteiger partial charge in [0.25, 0.3) is 5.70 Å². The number of hydrogen-bond donors (Lipinski definition) is 0. The molecule has 0 aliphatic carbocycles. The average Bonchev–Trinajstić information content (AvgIpc) is 2.41. The van der Waals surface area contributed by atoms with E-state index >= 15 is 0 Å². The number of allylic oxidation sites excluding steroid dienone is 2. The minimum Gasteiger partial charge on any atom is -0.272 e. The zero-order chi connectivity index (χ0) is 14.0. The van der Waals surface area contributed by atoms with Crippen LogP contribution in [0.3, 0.4) is 0 Å². The van der Waals surface area contributed by atoms with Crippen molar-refractivity contribution in [2.75, 3.05) is 7.11 Å². The second-order valence-corrected chi connectivity index (χ2v) is 4.11. The third-order valence-electron chi connectivity index (χ3n) is 2.90. The summed E-state index contributed by atoms with van der Waals surface area (Å²) in [6, 6.07) is 9.55. The van der Waals surface area contributed by atoms with Crippen LogP contribution >= 0.6 is 0 Å². The minimum absolute atomic E-state index is 0.0565. The first-order chi connectivity index (χ1) is 9.06. The minimum atomic E-state index is -0.459. The van der Waals surface area contributed by atoms with Crippen LogP contribution in [0.25, 0.3) is 5.70 Å². The molecule has 98 valence electrons. The Morgan fingerprint density at radius 1 is 1.32 bits per heavy atom. The molecule has 5 nitrogen and oxygen atoms in total. The molecule has 1 aromatic carbocycles. The van der Waals surface area contributed by atoms with Crippen molar-refractivity contribution in [1.29, 1.82) is 0 Å². The summed E-state index contributed by atoms with van der Waals surface area (Å²) in [6.45, 7) is 5.55. The lowest BCUT2D eigenvalue weighted by atomic mass is 10.0. The van der Waals surface area contributed by atoms with Gasteiger partial charge in [-0.1, -0.05) is 36.9 Å². The molecule has 0 N–H and O–H groups in total. The van der Waals surface area contributed by atoms with Crippen molar-refractivity contribution in [3.05, 3.63) is 75.6 Å². The largest absolute Gasteiger partial charge is 0.295 e. The van der Waals surface area contributed by atoms with Crippen molar-refractivity contribution in [3.63, 3.8) is 0 Å². The fourth-order valence-electron chi connectivity index (χ4n) is 2.06. The molecule has 0 saturated heterocycles. The van der Waals surface area contributed by atoms with E-state index in [0.29, 0.717) is 0 Å². The quantitative estimate of drug-likeness (QED) is 0.617. The van der Waals surface area contributed by atoms with Crippen LogP contribution in [-0.4, -0.2) is 17.1 Å². The molecule has 0 amide bonds. The van der Waals surface area contributed by atoms with Gasteiger partial charge in [-0.3, -0.25) is 15.0 Å². The van der Waals surface area contributed by atoms with Crippen molar-refractivity contribution in [1.82, 2.24) is 5.06 Å². The first-order valence-electron chi connectivity index (χ1n) is 5.72. The van der Waals surface area contributed by atoms with Crippen LogP contribution in [0.1, 0.15) is 12.5 Å². The average molecular weight is 258 g/mol. The van der Waals surface area contributed by atoms with Crippen molar-refractivity contribution in [3.8, 4) is 0 Å². The molecule has 1 aromatic rings. The monoisotopic (exact) mass is 258 g/mol. The maximum atomic E-state index is 11.0. The zero-order valence-electron chi connectivity index (χ0n) is 10.8. The Balaban J connectivity index is 2.60. The summed E-state index contributed by atoms with van der Waals surface area (Å²) < 4.78 is 0. The first-order valence-corrected chi connectivity index (χ1v) is 5.72. The number of hydroxylamine groups is 2. The third-order valence-corrected chi connectivity index (χ3v) is 2.90. The van der Waals surface area contributed by atoms with E-state index in [2.05, 4.69) is 6.58 Å². The highest BCUT2D eigenvalue weighted by Crippen LogP contribution is 2.34. The summed E-state index contributed by atoms with van der Waals surface area (Å²) >= 11 is 0. The molecule has 5 heteroatoms. The van der Waals surface area contributed by atoms with Crippen molar-refractivity contribution < 1.29 is 9.76 Å². The molecule has 0 aromatic heterocycles. The molecular formula is C14H14N2O3. The molecule has 0 fully saturated rings. The summed E-state index contributed by atoms with van der Waals surface area (Å²) in [7, 11) is 1.46.